The quantitative estimate of drug-likeness (QED) is 0.160. The van der Waals surface area contributed by atoms with Crippen LogP contribution in [0.15, 0.2) is 271 Å². The molecular weight excluding hydrogens is 929 g/mol. The van der Waals surface area contributed by atoms with E-state index in [1.807, 2.05) is 0 Å². The van der Waals surface area contributed by atoms with Gasteiger partial charge in [-0.1, -0.05) is 206 Å². The van der Waals surface area contributed by atoms with Gasteiger partial charge < -0.3 is 4.42 Å². The van der Waals surface area contributed by atoms with Crippen molar-refractivity contribution in [3.63, 3.8) is 0 Å². The largest absolute Gasteiger partial charge is 0.456 e. The van der Waals surface area contributed by atoms with Gasteiger partial charge in [-0.25, -0.2) is 0 Å². The van der Waals surface area contributed by atoms with Crippen LogP contribution in [0.3, 0.4) is 0 Å². The van der Waals surface area contributed by atoms with E-state index in [0.29, 0.717) is 0 Å². The fraction of sp³-hybridized carbons (Fsp3) is 0. The topological polar surface area (TPSA) is 13.1 Å². The van der Waals surface area contributed by atoms with E-state index in [2.05, 4.69) is 267 Å². The summed E-state index contributed by atoms with van der Waals surface area (Å²) in [5.41, 5.74) is 11.4. The van der Waals surface area contributed by atoms with Crippen LogP contribution in [0.25, 0.3) is 174 Å². The molecule has 0 bridgehead atoms. The maximum atomic E-state index is 6.54. The molecule has 17 aromatic rings. The van der Waals surface area contributed by atoms with Gasteiger partial charge in [0.1, 0.15) is 11.2 Å². The van der Waals surface area contributed by atoms with E-state index in [-0.39, 0.29) is 0 Å². The maximum Gasteiger partial charge on any atom is 0.135 e. The van der Waals surface area contributed by atoms with Gasteiger partial charge in [0.25, 0.3) is 0 Å². The van der Waals surface area contributed by atoms with Crippen molar-refractivity contribution in [2.75, 3.05) is 0 Å². The number of hydrogen-bond acceptors (Lipinski definition) is 1. The monoisotopic (exact) mass is 972 g/mol. The Bertz CT molecular complexity index is 5070. The summed E-state index contributed by atoms with van der Waals surface area (Å²) in [7, 11) is 0. The second kappa shape index (κ2) is 16.2. The van der Waals surface area contributed by atoms with E-state index in [4.69, 9.17) is 4.42 Å². The predicted molar refractivity (Wildman–Crippen MR) is 331 cm³/mol. The summed E-state index contributed by atoms with van der Waals surface area (Å²) in [5, 5.41) is 27.7. The van der Waals surface area contributed by atoms with E-state index in [1.165, 1.54) is 141 Å². The molecule has 0 amide bonds. The first-order valence-electron chi connectivity index (χ1n) is 26.7. The predicted octanol–water partition coefficient (Wildman–Crippen LogP) is 21.8. The highest BCUT2D eigenvalue weighted by Crippen LogP contribution is 2.46. The first-order valence-corrected chi connectivity index (χ1v) is 26.7. The van der Waals surface area contributed by atoms with Gasteiger partial charge >= 0.3 is 0 Å². The van der Waals surface area contributed by atoms with Crippen LogP contribution >= 0.6 is 0 Å². The minimum Gasteiger partial charge on any atom is -0.456 e. The maximum absolute atomic E-state index is 6.54. The Kier molecular flexibility index (Phi) is 8.90. The van der Waals surface area contributed by atoms with Crippen LogP contribution in [0.5, 0.6) is 0 Å². The molecule has 0 saturated heterocycles. The summed E-state index contributed by atoms with van der Waals surface area (Å²) < 4.78 is 6.54. The van der Waals surface area contributed by atoms with Gasteiger partial charge in [-0.2, -0.15) is 0 Å². The zero-order valence-corrected chi connectivity index (χ0v) is 41.8. The van der Waals surface area contributed by atoms with Gasteiger partial charge in [-0.3, -0.25) is 0 Å². The molecule has 0 atom stereocenters. The lowest BCUT2D eigenvalue weighted by atomic mass is 9.87. The highest BCUT2D eigenvalue weighted by molar-refractivity contribution is 6.34. The molecule has 0 fully saturated rings. The van der Waals surface area contributed by atoms with E-state index in [9.17, 15) is 0 Å². The summed E-state index contributed by atoms with van der Waals surface area (Å²) in [6.45, 7) is 0. The van der Waals surface area contributed by atoms with Crippen LogP contribution in [0, 0.1) is 0 Å². The molecule has 1 heteroatoms. The van der Waals surface area contributed by atoms with E-state index in [1.54, 1.807) is 0 Å². The average Bonchev–Trinajstić information content (AvgIpc) is 3.93. The highest BCUT2D eigenvalue weighted by Gasteiger charge is 2.19. The second-order valence-corrected chi connectivity index (χ2v) is 21.0. The molecule has 0 spiro atoms. The Morgan fingerprint density at radius 2 is 0.442 bits per heavy atom. The van der Waals surface area contributed by atoms with Crippen LogP contribution in [0.4, 0.5) is 0 Å². The smallest absolute Gasteiger partial charge is 0.135 e. The summed E-state index contributed by atoms with van der Waals surface area (Å²) in [4.78, 5) is 0. The van der Waals surface area contributed by atoms with Crippen LogP contribution in [0.2, 0.25) is 0 Å². The first kappa shape index (κ1) is 42.3. The molecule has 1 nitrogen and oxygen atoms in total. The standard InChI is InChI=1S/C76H44O/c1-3-17-59-55(13-1)57-15-5-9-21-63(57)75-65-23-11-7-19-61(65)67(43-71(59)75)51-31-27-45-25-29-47(37-53(45)39-51)49-33-35-73-69(41-49)70-42-50(34-36-74(70)77-73)48-30-26-46-28-32-52(40-54(46)38-48)68-44-72-60-18-4-2-14-56(60)58-16-6-10-22-64(58)76(72)66-24-12-8-20-62(66)68/h1-44H. The van der Waals surface area contributed by atoms with Gasteiger partial charge in [-0.15, -0.1) is 0 Å². The Hall–Kier alpha value is -10.1. The van der Waals surface area contributed by atoms with E-state index < -0.39 is 0 Å². The molecule has 0 N–H and O–H groups in total. The highest BCUT2D eigenvalue weighted by atomic mass is 16.3. The molecule has 16 aromatic carbocycles. The third-order valence-corrected chi connectivity index (χ3v) is 16.9. The Morgan fingerprint density at radius 3 is 0.831 bits per heavy atom. The Morgan fingerprint density at radius 1 is 0.169 bits per heavy atom. The molecule has 0 saturated carbocycles. The lowest BCUT2D eigenvalue weighted by molar-refractivity contribution is 0.669. The third kappa shape index (κ3) is 6.35. The van der Waals surface area contributed by atoms with Crippen molar-refractivity contribution >= 4 is 130 Å². The lowest BCUT2D eigenvalue weighted by Gasteiger charge is -2.16. The molecular formula is C76H44O. The molecule has 0 aliphatic rings. The van der Waals surface area contributed by atoms with E-state index in [0.717, 1.165) is 33.1 Å². The normalized spacial score (nSPS) is 12.2. The van der Waals surface area contributed by atoms with Crippen molar-refractivity contribution < 1.29 is 4.42 Å². The minimum atomic E-state index is 0.888. The molecule has 0 unspecified atom stereocenters. The van der Waals surface area contributed by atoms with Gasteiger partial charge in [-0.05, 0) is 213 Å². The molecule has 77 heavy (non-hydrogen) atoms. The van der Waals surface area contributed by atoms with Gasteiger partial charge in [0, 0.05) is 10.8 Å². The van der Waals surface area contributed by atoms with Crippen molar-refractivity contribution in [3.05, 3.63) is 267 Å². The fourth-order valence-corrected chi connectivity index (χ4v) is 13.3. The zero-order chi connectivity index (χ0) is 50.3. The summed E-state index contributed by atoms with van der Waals surface area (Å²) in [6.07, 6.45) is 0. The Labute approximate surface area is 443 Å². The lowest BCUT2D eigenvalue weighted by Crippen LogP contribution is -1.89. The van der Waals surface area contributed by atoms with Crippen LogP contribution in [-0.4, -0.2) is 0 Å². The van der Waals surface area contributed by atoms with Crippen molar-refractivity contribution in [3.8, 4) is 44.5 Å². The van der Waals surface area contributed by atoms with Crippen molar-refractivity contribution in [2.24, 2.45) is 0 Å². The van der Waals surface area contributed by atoms with Gasteiger partial charge in [0.2, 0.25) is 0 Å². The first-order chi connectivity index (χ1) is 38.1. The molecule has 0 aliphatic carbocycles. The Balaban J connectivity index is 0.757. The number of furan rings is 1. The van der Waals surface area contributed by atoms with Crippen LogP contribution in [-0.2, 0) is 0 Å². The number of fused-ring (bicyclic) bond motifs is 21. The molecule has 0 aliphatic heterocycles. The third-order valence-electron chi connectivity index (χ3n) is 16.9. The van der Waals surface area contributed by atoms with Gasteiger partial charge in [0.15, 0.2) is 0 Å². The minimum absolute atomic E-state index is 0.888. The second-order valence-electron chi connectivity index (χ2n) is 21.0. The SMILES string of the molecule is c1ccc2c(c1)c(-c1ccc3ccc(-c4ccc5oc6ccc(-c7ccc8ccc(-c9cc%10c%11ccccc%11c%11ccccc%11c%10c%10ccccc9%10)cc8c7)cc6c5c4)cc3c1)cc1c3ccccc3c3ccccc3c21. The zero-order valence-electron chi connectivity index (χ0n) is 41.8. The molecule has 1 heterocycles. The number of benzene rings is 16. The molecule has 1 aromatic heterocycles. The van der Waals surface area contributed by atoms with Crippen LogP contribution in [0.1, 0.15) is 0 Å². The van der Waals surface area contributed by atoms with Crippen LogP contribution < -0.4 is 0 Å². The summed E-state index contributed by atoms with van der Waals surface area (Å²) in [5.74, 6) is 0. The van der Waals surface area contributed by atoms with E-state index >= 15 is 0 Å². The molecule has 17 rings (SSSR count). The molecule has 0 radical (unpaired) electrons. The molecule has 354 valence electrons. The summed E-state index contributed by atoms with van der Waals surface area (Å²) >= 11 is 0. The van der Waals surface area contributed by atoms with Crippen molar-refractivity contribution in [1.29, 1.82) is 0 Å². The summed E-state index contributed by atoms with van der Waals surface area (Å²) in [6, 6.07) is 99.2. The fourth-order valence-electron chi connectivity index (χ4n) is 13.3. The van der Waals surface area contributed by atoms with Gasteiger partial charge in [0.05, 0.1) is 0 Å². The number of rotatable bonds is 4. The average molecular weight is 973 g/mol. The number of hydrogen-bond donors (Lipinski definition) is 0. The van der Waals surface area contributed by atoms with Crippen molar-refractivity contribution in [1.82, 2.24) is 0 Å². The van der Waals surface area contributed by atoms with Crippen molar-refractivity contribution in [2.45, 2.75) is 0 Å².